The molecule has 1 amide bonds. The van der Waals surface area contributed by atoms with E-state index in [2.05, 4.69) is 42.8 Å². The molecule has 1 atom stereocenters. The molecule has 41 heavy (non-hydrogen) atoms. The van der Waals surface area contributed by atoms with Crippen molar-refractivity contribution < 1.29 is 14.7 Å². The van der Waals surface area contributed by atoms with Crippen LogP contribution in [0.1, 0.15) is 77.0 Å². The van der Waals surface area contributed by atoms with Crippen molar-refractivity contribution in [3.8, 4) is 11.1 Å². The van der Waals surface area contributed by atoms with E-state index in [9.17, 15) is 14.7 Å². The zero-order valence-electron chi connectivity index (χ0n) is 24.1. The lowest BCUT2D eigenvalue weighted by molar-refractivity contribution is 0.0697. The highest BCUT2D eigenvalue weighted by molar-refractivity contribution is 5.98. The first-order chi connectivity index (χ1) is 19.5. The zero-order valence-corrected chi connectivity index (χ0v) is 24.1. The molecule has 0 fully saturated rings. The smallest absolute Gasteiger partial charge is 0.336 e. The van der Waals surface area contributed by atoms with E-state index in [1.807, 2.05) is 80.6 Å². The minimum atomic E-state index is -0.946. The lowest BCUT2D eigenvalue weighted by Gasteiger charge is -2.22. The summed E-state index contributed by atoms with van der Waals surface area (Å²) in [5.41, 5.74) is 7.49. The Morgan fingerprint density at radius 3 is 2.37 bits per heavy atom. The summed E-state index contributed by atoms with van der Waals surface area (Å²) in [6.07, 6.45) is 0. The van der Waals surface area contributed by atoms with Crippen molar-refractivity contribution in [3.63, 3.8) is 0 Å². The third-order valence-electron chi connectivity index (χ3n) is 7.56. The van der Waals surface area contributed by atoms with Crippen molar-refractivity contribution in [3.05, 3.63) is 125 Å². The van der Waals surface area contributed by atoms with Gasteiger partial charge in [0.1, 0.15) is 5.82 Å². The Morgan fingerprint density at radius 1 is 0.927 bits per heavy atom. The van der Waals surface area contributed by atoms with Gasteiger partial charge in [-0.1, -0.05) is 87.5 Å². The Morgan fingerprint density at radius 2 is 1.66 bits per heavy atom. The van der Waals surface area contributed by atoms with Crippen molar-refractivity contribution in [1.82, 2.24) is 14.9 Å². The van der Waals surface area contributed by atoms with Gasteiger partial charge >= 0.3 is 5.97 Å². The van der Waals surface area contributed by atoms with Crippen LogP contribution in [-0.2, 0) is 12.0 Å². The topological polar surface area (TPSA) is 84.2 Å². The van der Waals surface area contributed by atoms with Gasteiger partial charge in [0.25, 0.3) is 5.91 Å². The number of carbonyl (C=O) groups is 2. The molecule has 0 unspecified atom stereocenters. The number of amides is 1. The molecule has 0 bridgehead atoms. The molecule has 1 aromatic heterocycles. The maximum absolute atomic E-state index is 13.3. The summed E-state index contributed by atoms with van der Waals surface area (Å²) in [5, 5.41) is 12.7. The number of imidazole rings is 1. The van der Waals surface area contributed by atoms with Gasteiger partial charge in [-0.25, -0.2) is 9.78 Å². The van der Waals surface area contributed by atoms with Gasteiger partial charge in [-0.05, 0) is 71.3 Å². The molecule has 0 aliphatic carbocycles. The standard InChI is InChI=1S/C35H35N3O3/c1-22(26-9-8-10-28(19-26)35(3,4)5)36-33(39)27-17-18-31-32(20-27)38(23(2)37-31)21-24-13-15-25(16-14-24)29-11-6-7-12-30(29)34(40)41/h6-20,22H,21H2,1-5H3,(H,36,39)(H,40,41)/t22-/m0/s1. The van der Waals surface area contributed by atoms with Gasteiger partial charge in [-0.3, -0.25) is 4.79 Å². The number of aryl methyl sites for hydroxylation is 1. The van der Waals surface area contributed by atoms with Crippen LogP contribution in [0.5, 0.6) is 0 Å². The van der Waals surface area contributed by atoms with E-state index in [0.29, 0.717) is 17.7 Å². The highest BCUT2D eigenvalue weighted by Crippen LogP contribution is 2.27. The minimum absolute atomic E-state index is 0.0321. The van der Waals surface area contributed by atoms with E-state index in [0.717, 1.165) is 33.5 Å². The lowest BCUT2D eigenvalue weighted by atomic mass is 9.85. The number of hydrogen-bond acceptors (Lipinski definition) is 3. The molecule has 0 aliphatic rings. The molecule has 2 N–H and O–H groups in total. The third kappa shape index (κ3) is 5.92. The number of aromatic nitrogens is 2. The molecule has 6 heteroatoms. The fraction of sp³-hybridized carbons (Fsp3) is 0.229. The molecule has 1 heterocycles. The summed E-state index contributed by atoms with van der Waals surface area (Å²) in [6.45, 7) is 11.1. The Balaban J connectivity index is 1.37. The molecule has 208 valence electrons. The van der Waals surface area contributed by atoms with Crippen LogP contribution in [0.3, 0.4) is 0 Å². The number of benzene rings is 4. The Hall–Kier alpha value is -4.71. The number of aromatic carboxylic acids is 1. The van der Waals surface area contributed by atoms with Crippen LogP contribution in [0.2, 0.25) is 0 Å². The summed E-state index contributed by atoms with van der Waals surface area (Å²) >= 11 is 0. The quantitative estimate of drug-likeness (QED) is 0.221. The van der Waals surface area contributed by atoms with E-state index < -0.39 is 5.97 Å². The molecule has 5 aromatic rings. The van der Waals surface area contributed by atoms with Crippen LogP contribution in [0, 0.1) is 6.92 Å². The van der Waals surface area contributed by atoms with E-state index in [1.165, 1.54) is 5.56 Å². The van der Waals surface area contributed by atoms with Gasteiger partial charge in [0.15, 0.2) is 0 Å². The van der Waals surface area contributed by atoms with Crippen molar-refractivity contribution in [2.75, 3.05) is 0 Å². The van der Waals surface area contributed by atoms with Crippen molar-refractivity contribution in [2.45, 2.75) is 52.6 Å². The maximum Gasteiger partial charge on any atom is 0.336 e. The minimum Gasteiger partial charge on any atom is -0.478 e. The molecular weight excluding hydrogens is 510 g/mol. The number of carbonyl (C=O) groups excluding carboxylic acids is 1. The van der Waals surface area contributed by atoms with Gasteiger partial charge in [0, 0.05) is 12.1 Å². The summed E-state index contributed by atoms with van der Waals surface area (Å²) in [6, 6.07) is 28.8. The summed E-state index contributed by atoms with van der Waals surface area (Å²) < 4.78 is 2.10. The number of fused-ring (bicyclic) bond motifs is 1. The van der Waals surface area contributed by atoms with Crippen molar-refractivity contribution in [1.29, 1.82) is 0 Å². The number of hydrogen-bond donors (Lipinski definition) is 2. The summed E-state index contributed by atoms with van der Waals surface area (Å²) in [7, 11) is 0. The fourth-order valence-corrected chi connectivity index (χ4v) is 5.12. The molecule has 4 aromatic carbocycles. The van der Waals surface area contributed by atoms with E-state index in [1.54, 1.807) is 12.1 Å². The second kappa shape index (κ2) is 11.0. The van der Waals surface area contributed by atoms with Gasteiger partial charge in [0.05, 0.1) is 22.6 Å². The third-order valence-corrected chi connectivity index (χ3v) is 7.56. The SMILES string of the molecule is Cc1nc2ccc(C(=O)N[C@@H](C)c3cccc(C(C)(C)C)c3)cc2n1Cc1ccc(-c2ccccc2C(=O)O)cc1. The van der Waals surface area contributed by atoms with Crippen LogP contribution < -0.4 is 5.32 Å². The predicted molar refractivity (Wildman–Crippen MR) is 163 cm³/mol. The summed E-state index contributed by atoms with van der Waals surface area (Å²) in [4.78, 5) is 29.7. The van der Waals surface area contributed by atoms with Crippen LogP contribution in [0.25, 0.3) is 22.2 Å². The molecule has 0 saturated carbocycles. The normalized spacial score (nSPS) is 12.3. The molecule has 0 aliphatic heterocycles. The highest BCUT2D eigenvalue weighted by Gasteiger charge is 2.18. The Kier molecular flexibility index (Phi) is 7.50. The first-order valence-electron chi connectivity index (χ1n) is 13.8. The number of carboxylic acid groups (broad SMARTS) is 1. The molecule has 0 saturated heterocycles. The molecular formula is C35H35N3O3. The van der Waals surface area contributed by atoms with E-state index in [4.69, 9.17) is 4.98 Å². The van der Waals surface area contributed by atoms with Crippen molar-refractivity contribution in [2.24, 2.45) is 0 Å². The number of rotatable bonds is 7. The van der Waals surface area contributed by atoms with Gasteiger partial charge in [-0.2, -0.15) is 0 Å². The molecule has 0 spiro atoms. The first-order valence-corrected chi connectivity index (χ1v) is 13.8. The van der Waals surface area contributed by atoms with Crippen molar-refractivity contribution >= 4 is 22.9 Å². The second-order valence-electron chi connectivity index (χ2n) is 11.6. The number of carboxylic acids is 1. The van der Waals surface area contributed by atoms with Gasteiger partial charge in [0.2, 0.25) is 0 Å². The second-order valence-corrected chi connectivity index (χ2v) is 11.6. The van der Waals surface area contributed by atoms with Crippen LogP contribution >= 0.6 is 0 Å². The summed E-state index contributed by atoms with van der Waals surface area (Å²) in [5.74, 6) is -0.226. The van der Waals surface area contributed by atoms with Crippen LogP contribution in [0.4, 0.5) is 0 Å². The first kappa shape index (κ1) is 27.8. The average molecular weight is 546 g/mol. The highest BCUT2D eigenvalue weighted by atomic mass is 16.4. The van der Waals surface area contributed by atoms with Gasteiger partial charge < -0.3 is 15.0 Å². The lowest BCUT2D eigenvalue weighted by Crippen LogP contribution is -2.27. The number of nitrogens with zero attached hydrogens (tertiary/aromatic N) is 2. The number of nitrogens with one attached hydrogen (secondary N) is 1. The zero-order chi connectivity index (χ0) is 29.3. The predicted octanol–water partition coefficient (Wildman–Crippen LogP) is 7.55. The monoisotopic (exact) mass is 545 g/mol. The van der Waals surface area contributed by atoms with E-state index >= 15 is 0 Å². The van der Waals surface area contributed by atoms with Crippen LogP contribution in [-0.4, -0.2) is 26.5 Å². The molecule has 5 rings (SSSR count). The maximum atomic E-state index is 13.3. The largest absolute Gasteiger partial charge is 0.478 e. The fourth-order valence-electron chi connectivity index (χ4n) is 5.12. The Labute approximate surface area is 240 Å². The Bertz CT molecular complexity index is 1740. The molecule has 6 nitrogen and oxygen atoms in total. The van der Waals surface area contributed by atoms with E-state index in [-0.39, 0.29) is 22.9 Å². The van der Waals surface area contributed by atoms with Gasteiger partial charge in [-0.15, -0.1) is 0 Å². The van der Waals surface area contributed by atoms with Crippen LogP contribution in [0.15, 0.2) is 91.0 Å². The average Bonchev–Trinajstić information content (AvgIpc) is 3.26. The molecule has 0 radical (unpaired) electrons.